The summed E-state index contributed by atoms with van der Waals surface area (Å²) in [6, 6.07) is 3.86. The van der Waals surface area contributed by atoms with Crippen molar-refractivity contribution >= 4 is 11.8 Å². The third kappa shape index (κ3) is 1.45. The van der Waals surface area contributed by atoms with Crippen LogP contribution < -0.4 is 4.90 Å². The van der Waals surface area contributed by atoms with Crippen LogP contribution in [0, 0.1) is 5.92 Å². The molecule has 2 aliphatic rings. The lowest BCUT2D eigenvalue weighted by Crippen LogP contribution is -2.33. The number of carbonyl (C=O) groups is 1. The van der Waals surface area contributed by atoms with E-state index in [4.69, 9.17) is 5.11 Å². The van der Waals surface area contributed by atoms with Crippen LogP contribution in [0.3, 0.4) is 0 Å². The van der Waals surface area contributed by atoms with E-state index in [1.807, 2.05) is 0 Å². The van der Waals surface area contributed by atoms with Crippen molar-refractivity contribution in [1.82, 2.24) is 4.98 Å². The quantitative estimate of drug-likeness (QED) is 0.822. The predicted molar refractivity (Wildman–Crippen MR) is 59.7 cm³/mol. The van der Waals surface area contributed by atoms with Crippen molar-refractivity contribution in [3.8, 4) is 0 Å². The van der Waals surface area contributed by atoms with Gasteiger partial charge in [-0.1, -0.05) is 0 Å². The van der Waals surface area contributed by atoms with Gasteiger partial charge < -0.3 is 10.0 Å². The van der Waals surface area contributed by atoms with Gasteiger partial charge in [-0.15, -0.1) is 0 Å². The predicted octanol–water partition coefficient (Wildman–Crippen LogP) is 1.77. The molecule has 2 fully saturated rings. The van der Waals surface area contributed by atoms with Gasteiger partial charge in [0.1, 0.15) is 11.4 Å². The van der Waals surface area contributed by atoms with Crippen molar-refractivity contribution in [3.05, 3.63) is 23.9 Å². The fraction of sp³-hybridized carbons (Fsp3) is 0.500. The molecule has 1 aromatic rings. The minimum absolute atomic E-state index is 0.329. The summed E-state index contributed by atoms with van der Waals surface area (Å²) in [6.45, 7) is 0.943. The highest BCUT2D eigenvalue weighted by molar-refractivity contribution is 5.93. The minimum Gasteiger partial charge on any atom is -0.478 e. The molecule has 1 aliphatic carbocycles. The standard InChI is InChI=1S/C12H14N2O2/c15-12(16)9-4-1-5-13-11(9)14-6-2-3-8-7-10(8)14/h1,4-5,8,10H,2-3,6-7H2,(H,15,16). The molecule has 4 nitrogen and oxygen atoms in total. The lowest BCUT2D eigenvalue weighted by Gasteiger charge is -2.28. The molecular formula is C12H14N2O2. The van der Waals surface area contributed by atoms with Crippen molar-refractivity contribution in [2.24, 2.45) is 5.92 Å². The highest BCUT2D eigenvalue weighted by atomic mass is 16.4. The molecule has 3 rings (SSSR count). The van der Waals surface area contributed by atoms with Gasteiger partial charge in [0.05, 0.1) is 0 Å². The largest absolute Gasteiger partial charge is 0.478 e. The van der Waals surface area contributed by atoms with E-state index in [9.17, 15) is 4.79 Å². The summed E-state index contributed by atoms with van der Waals surface area (Å²) in [7, 11) is 0. The molecule has 1 aliphatic heterocycles. The molecule has 2 atom stereocenters. The molecule has 0 spiro atoms. The zero-order chi connectivity index (χ0) is 11.1. The number of rotatable bonds is 2. The molecule has 2 unspecified atom stereocenters. The van der Waals surface area contributed by atoms with Crippen molar-refractivity contribution in [3.63, 3.8) is 0 Å². The number of carboxylic acid groups (broad SMARTS) is 1. The third-order valence-electron chi connectivity index (χ3n) is 3.55. The fourth-order valence-corrected chi connectivity index (χ4v) is 2.67. The summed E-state index contributed by atoms with van der Waals surface area (Å²) < 4.78 is 0. The van der Waals surface area contributed by atoms with Crippen LogP contribution in [-0.4, -0.2) is 28.6 Å². The van der Waals surface area contributed by atoms with Gasteiger partial charge in [-0.2, -0.15) is 0 Å². The van der Waals surface area contributed by atoms with Crippen molar-refractivity contribution in [1.29, 1.82) is 0 Å². The first-order chi connectivity index (χ1) is 7.77. The number of hydrogen-bond donors (Lipinski definition) is 1. The second-order valence-corrected chi connectivity index (χ2v) is 4.58. The van der Waals surface area contributed by atoms with Crippen molar-refractivity contribution < 1.29 is 9.90 Å². The molecule has 0 bridgehead atoms. The zero-order valence-corrected chi connectivity index (χ0v) is 8.97. The Hall–Kier alpha value is -1.58. The second kappa shape index (κ2) is 3.47. The molecule has 1 aromatic heterocycles. The van der Waals surface area contributed by atoms with Gasteiger partial charge in [0.15, 0.2) is 0 Å². The Balaban J connectivity index is 1.96. The van der Waals surface area contributed by atoms with E-state index in [1.165, 1.54) is 12.8 Å². The highest BCUT2D eigenvalue weighted by Crippen LogP contribution is 2.45. The number of fused-ring (bicyclic) bond motifs is 1. The monoisotopic (exact) mass is 218 g/mol. The number of aromatic nitrogens is 1. The maximum atomic E-state index is 11.1. The van der Waals surface area contributed by atoms with E-state index < -0.39 is 5.97 Å². The normalized spacial score (nSPS) is 27.4. The Kier molecular flexibility index (Phi) is 2.09. The third-order valence-corrected chi connectivity index (χ3v) is 3.55. The summed E-state index contributed by atoms with van der Waals surface area (Å²) in [6.07, 6.45) is 5.32. The molecule has 0 aromatic carbocycles. The number of carboxylic acids is 1. The maximum Gasteiger partial charge on any atom is 0.339 e. The molecule has 0 radical (unpaired) electrons. The Morgan fingerprint density at radius 3 is 3.25 bits per heavy atom. The van der Waals surface area contributed by atoms with Crippen LogP contribution in [0.15, 0.2) is 18.3 Å². The summed E-state index contributed by atoms with van der Waals surface area (Å²) in [5.74, 6) is 0.547. The highest BCUT2D eigenvalue weighted by Gasteiger charge is 2.45. The number of anilines is 1. The lowest BCUT2D eigenvalue weighted by molar-refractivity contribution is 0.0697. The second-order valence-electron chi connectivity index (χ2n) is 4.58. The first kappa shape index (κ1) is 9.63. The van der Waals surface area contributed by atoms with Crippen LogP contribution in [0.4, 0.5) is 5.82 Å². The van der Waals surface area contributed by atoms with Crippen LogP contribution in [-0.2, 0) is 0 Å². The molecule has 1 saturated carbocycles. The average Bonchev–Trinajstić information content (AvgIpc) is 3.07. The molecular weight excluding hydrogens is 204 g/mol. The van der Waals surface area contributed by atoms with Crippen LogP contribution in [0.25, 0.3) is 0 Å². The van der Waals surface area contributed by atoms with E-state index >= 15 is 0 Å². The lowest BCUT2D eigenvalue weighted by atomic mass is 10.1. The Morgan fingerprint density at radius 2 is 2.44 bits per heavy atom. The Bertz CT molecular complexity index is 433. The van der Waals surface area contributed by atoms with E-state index in [-0.39, 0.29) is 0 Å². The topological polar surface area (TPSA) is 53.4 Å². The van der Waals surface area contributed by atoms with Gasteiger partial charge in [-0.25, -0.2) is 9.78 Å². The van der Waals surface area contributed by atoms with Gasteiger partial charge in [-0.05, 0) is 37.3 Å². The first-order valence-electron chi connectivity index (χ1n) is 5.72. The molecule has 16 heavy (non-hydrogen) atoms. The van der Waals surface area contributed by atoms with Crippen LogP contribution in [0.2, 0.25) is 0 Å². The molecule has 1 saturated heterocycles. The van der Waals surface area contributed by atoms with Crippen LogP contribution >= 0.6 is 0 Å². The number of nitrogens with zero attached hydrogens (tertiary/aromatic N) is 2. The minimum atomic E-state index is -0.883. The molecule has 2 heterocycles. The van der Waals surface area contributed by atoms with Gasteiger partial charge in [-0.3, -0.25) is 0 Å². The fourth-order valence-electron chi connectivity index (χ4n) is 2.67. The summed E-state index contributed by atoms with van der Waals surface area (Å²) >= 11 is 0. The van der Waals surface area contributed by atoms with Crippen LogP contribution in [0.1, 0.15) is 29.6 Å². The van der Waals surface area contributed by atoms with Crippen LogP contribution in [0.5, 0.6) is 0 Å². The average molecular weight is 218 g/mol. The smallest absolute Gasteiger partial charge is 0.339 e. The Morgan fingerprint density at radius 1 is 1.56 bits per heavy atom. The summed E-state index contributed by atoms with van der Waals surface area (Å²) in [5, 5.41) is 9.13. The molecule has 84 valence electrons. The van der Waals surface area contributed by atoms with E-state index in [2.05, 4.69) is 9.88 Å². The number of pyridine rings is 1. The number of aromatic carboxylic acids is 1. The SMILES string of the molecule is O=C(O)c1cccnc1N1CCCC2CC21. The Labute approximate surface area is 93.9 Å². The summed E-state index contributed by atoms with van der Waals surface area (Å²) in [4.78, 5) is 17.5. The maximum absolute atomic E-state index is 11.1. The molecule has 0 amide bonds. The van der Waals surface area contributed by atoms with E-state index in [0.29, 0.717) is 17.4 Å². The van der Waals surface area contributed by atoms with Gasteiger partial charge in [0, 0.05) is 18.8 Å². The molecule has 4 heteroatoms. The zero-order valence-electron chi connectivity index (χ0n) is 8.97. The number of piperidine rings is 1. The van der Waals surface area contributed by atoms with Gasteiger partial charge >= 0.3 is 5.97 Å². The van der Waals surface area contributed by atoms with Crippen molar-refractivity contribution in [2.75, 3.05) is 11.4 Å². The van der Waals surface area contributed by atoms with E-state index in [1.54, 1.807) is 18.3 Å². The van der Waals surface area contributed by atoms with E-state index in [0.717, 1.165) is 18.9 Å². The van der Waals surface area contributed by atoms with Gasteiger partial charge in [0.25, 0.3) is 0 Å². The van der Waals surface area contributed by atoms with Gasteiger partial charge in [0.2, 0.25) is 0 Å². The first-order valence-corrected chi connectivity index (χ1v) is 5.72. The number of hydrogen-bond acceptors (Lipinski definition) is 3. The van der Waals surface area contributed by atoms with Crippen molar-refractivity contribution in [2.45, 2.75) is 25.3 Å². The summed E-state index contributed by atoms with van der Waals surface area (Å²) in [5.41, 5.74) is 0.329. The molecule has 1 N–H and O–H groups in total.